The van der Waals surface area contributed by atoms with E-state index in [0.29, 0.717) is 29.6 Å². The van der Waals surface area contributed by atoms with Gasteiger partial charge in [0.15, 0.2) is 11.4 Å². The van der Waals surface area contributed by atoms with Gasteiger partial charge in [0.1, 0.15) is 0 Å². The SMILES string of the molecule is C=C1C(=O)OC23CC1CCC(CO)=C2C(=O)C=C3C. The highest BCUT2D eigenvalue weighted by Crippen LogP contribution is 2.51. The lowest BCUT2D eigenvalue weighted by molar-refractivity contribution is -0.154. The van der Waals surface area contributed by atoms with Crippen LogP contribution in [0.5, 0.6) is 0 Å². The van der Waals surface area contributed by atoms with Crippen LogP contribution in [0.2, 0.25) is 0 Å². The quantitative estimate of drug-likeness (QED) is 0.572. The van der Waals surface area contributed by atoms with Gasteiger partial charge < -0.3 is 9.84 Å². The number of rotatable bonds is 1. The standard InChI is InChI=1S/C15H16O4/c1-8-5-12(17)13-11(7-16)4-3-10-6-15(8,13)19-14(18)9(10)2/h5,10,16H,2-4,6-7H2,1H3. The Morgan fingerprint density at radius 2 is 2.26 bits per heavy atom. The van der Waals surface area contributed by atoms with Crippen LogP contribution in [0.4, 0.5) is 0 Å². The van der Waals surface area contributed by atoms with Crippen LogP contribution in [-0.4, -0.2) is 29.1 Å². The van der Waals surface area contributed by atoms with Gasteiger partial charge in [0, 0.05) is 17.6 Å². The topological polar surface area (TPSA) is 63.6 Å². The number of allylic oxidation sites excluding steroid dienone is 1. The summed E-state index contributed by atoms with van der Waals surface area (Å²) in [4.78, 5) is 24.2. The van der Waals surface area contributed by atoms with Crippen molar-refractivity contribution in [1.82, 2.24) is 0 Å². The number of fused-ring (bicyclic) bond motifs is 1. The van der Waals surface area contributed by atoms with E-state index in [1.54, 1.807) is 0 Å². The van der Waals surface area contributed by atoms with E-state index in [4.69, 9.17) is 4.74 Å². The van der Waals surface area contributed by atoms with Crippen LogP contribution < -0.4 is 0 Å². The first kappa shape index (κ1) is 12.4. The Bertz CT molecular complexity index is 567. The molecule has 1 saturated heterocycles. The first-order valence-corrected chi connectivity index (χ1v) is 6.48. The van der Waals surface area contributed by atoms with E-state index < -0.39 is 11.6 Å². The van der Waals surface area contributed by atoms with Gasteiger partial charge in [-0.3, -0.25) is 4.79 Å². The number of aliphatic hydroxyl groups is 1. The molecule has 2 atom stereocenters. The Hall–Kier alpha value is -1.68. The molecule has 0 aromatic carbocycles. The zero-order valence-electron chi connectivity index (χ0n) is 10.9. The summed E-state index contributed by atoms with van der Waals surface area (Å²) in [5, 5.41) is 9.52. The molecule has 1 heterocycles. The molecule has 0 aromatic rings. The third-order valence-corrected chi connectivity index (χ3v) is 4.53. The zero-order chi connectivity index (χ0) is 13.8. The number of ether oxygens (including phenoxy) is 1. The number of carbonyl (C=O) groups is 2. The van der Waals surface area contributed by atoms with Gasteiger partial charge in [0.05, 0.1) is 6.61 Å². The molecule has 3 rings (SSSR count). The molecule has 1 aliphatic heterocycles. The molecule has 2 bridgehead atoms. The minimum Gasteiger partial charge on any atom is -0.446 e. The van der Waals surface area contributed by atoms with Crippen molar-refractivity contribution < 1.29 is 19.4 Å². The van der Waals surface area contributed by atoms with Crippen LogP contribution in [0.15, 0.2) is 34.9 Å². The van der Waals surface area contributed by atoms with Gasteiger partial charge >= 0.3 is 5.97 Å². The van der Waals surface area contributed by atoms with Crippen LogP contribution in [0.3, 0.4) is 0 Å². The monoisotopic (exact) mass is 260 g/mol. The van der Waals surface area contributed by atoms with Crippen LogP contribution in [0.1, 0.15) is 26.2 Å². The maximum Gasteiger partial charge on any atom is 0.334 e. The van der Waals surface area contributed by atoms with Crippen LogP contribution in [-0.2, 0) is 14.3 Å². The summed E-state index contributed by atoms with van der Waals surface area (Å²) in [6.07, 6.45) is 3.44. The number of esters is 1. The smallest absolute Gasteiger partial charge is 0.334 e. The summed E-state index contributed by atoms with van der Waals surface area (Å²) in [7, 11) is 0. The summed E-state index contributed by atoms with van der Waals surface area (Å²) < 4.78 is 5.58. The molecule has 2 aliphatic carbocycles. The number of hydrogen-bond donors (Lipinski definition) is 1. The van der Waals surface area contributed by atoms with Gasteiger partial charge in [-0.05, 0) is 42.9 Å². The zero-order valence-corrected chi connectivity index (χ0v) is 10.9. The Morgan fingerprint density at radius 3 is 2.95 bits per heavy atom. The third-order valence-electron chi connectivity index (χ3n) is 4.53. The van der Waals surface area contributed by atoms with E-state index in [9.17, 15) is 14.7 Å². The third kappa shape index (κ3) is 1.49. The summed E-state index contributed by atoms with van der Waals surface area (Å²) >= 11 is 0. The molecule has 4 nitrogen and oxygen atoms in total. The molecule has 0 radical (unpaired) electrons. The lowest BCUT2D eigenvalue weighted by Gasteiger charge is -2.39. The summed E-state index contributed by atoms with van der Waals surface area (Å²) in [6.45, 7) is 5.45. The molecule has 2 unspecified atom stereocenters. The van der Waals surface area contributed by atoms with Crippen LogP contribution in [0, 0.1) is 5.92 Å². The minimum absolute atomic E-state index is 0.0227. The summed E-state index contributed by atoms with van der Waals surface area (Å²) in [6, 6.07) is 0. The molecular formula is C15H16O4. The van der Waals surface area contributed by atoms with Crippen molar-refractivity contribution in [2.45, 2.75) is 31.8 Å². The molecule has 1 fully saturated rings. The highest BCUT2D eigenvalue weighted by Gasteiger charge is 2.54. The molecule has 0 aromatic heterocycles. The molecule has 100 valence electrons. The van der Waals surface area contributed by atoms with Gasteiger partial charge in [0.25, 0.3) is 0 Å². The second-order valence-corrected chi connectivity index (χ2v) is 5.51. The molecule has 0 amide bonds. The van der Waals surface area contributed by atoms with Crippen molar-refractivity contribution in [2.75, 3.05) is 6.61 Å². The maximum absolute atomic E-state index is 12.2. The highest BCUT2D eigenvalue weighted by atomic mass is 16.6. The minimum atomic E-state index is -0.950. The fourth-order valence-corrected chi connectivity index (χ4v) is 3.45. The van der Waals surface area contributed by atoms with E-state index in [0.717, 1.165) is 12.0 Å². The highest BCUT2D eigenvalue weighted by molar-refractivity contribution is 6.11. The van der Waals surface area contributed by atoms with Gasteiger partial charge in [-0.25, -0.2) is 4.79 Å². The molecule has 0 saturated carbocycles. The fourth-order valence-electron chi connectivity index (χ4n) is 3.45. The molecule has 4 heteroatoms. The molecular weight excluding hydrogens is 244 g/mol. The average Bonchev–Trinajstić information content (AvgIpc) is 2.54. The summed E-state index contributed by atoms with van der Waals surface area (Å²) in [5.41, 5.74) is 1.47. The van der Waals surface area contributed by atoms with Crippen LogP contribution >= 0.6 is 0 Å². The Morgan fingerprint density at radius 1 is 1.53 bits per heavy atom. The fraction of sp³-hybridized carbons (Fsp3) is 0.467. The normalized spacial score (nSPS) is 33.9. The second-order valence-electron chi connectivity index (χ2n) is 5.51. The predicted octanol–water partition coefficient (Wildman–Crippen LogP) is 1.46. The van der Waals surface area contributed by atoms with Gasteiger partial charge in [-0.2, -0.15) is 0 Å². The Labute approximate surface area is 111 Å². The van der Waals surface area contributed by atoms with Gasteiger partial charge in [-0.1, -0.05) is 6.58 Å². The Balaban J connectivity index is 2.21. The van der Waals surface area contributed by atoms with Crippen LogP contribution in [0.25, 0.3) is 0 Å². The summed E-state index contributed by atoms with van der Waals surface area (Å²) in [5.74, 6) is -0.535. The van der Waals surface area contributed by atoms with Crippen molar-refractivity contribution in [3.63, 3.8) is 0 Å². The average molecular weight is 260 g/mol. The molecule has 1 spiro atoms. The predicted molar refractivity (Wildman–Crippen MR) is 68.2 cm³/mol. The molecule has 1 N–H and O–H groups in total. The maximum atomic E-state index is 12.2. The van der Waals surface area contributed by atoms with Gasteiger partial charge in [-0.15, -0.1) is 0 Å². The van der Waals surface area contributed by atoms with Crippen molar-refractivity contribution >= 4 is 11.8 Å². The van der Waals surface area contributed by atoms with E-state index in [1.807, 2.05) is 6.92 Å². The van der Waals surface area contributed by atoms with E-state index in [-0.39, 0.29) is 18.3 Å². The molecule has 19 heavy (non-hydrogen) atoms. The van der Waals surface area contributed by atoms with Crippen molar-refractivity contribution in [1.29, 1.82) is 0 Å². The van der Waals surface area contributed by atoms with Gasteiger partial charge in [0.2, 0.25) is 0 Å². The second kappa shape index (κ2) is 3.90. The number of carbonyl (C=O) groups excluding carboxylic acids is 2. The lowest BCUT2D eigenvalue weighted by Crippen LogP contribution is -2.44. The Kier molecular flexibility index (Phi) is 2.54. The van der Waals surface area contributed by atoms with Crippen molar-refractivity contribution in [3.8, 4) is 0 Å². The lowest BCUT2D eigenvalue weighted by atomic mass is 9.78. The first-order chi connectivity index (χ1) is 8.99. The first-order valence-electron chi connectivity index (χ1n) is 6.48. The van der Waals surface area contributed by atoms with Crippen molar-refractivity contribution in [2.24, 2.45) is 5.92 Å². The van der Waals surface area contributed by atoms with Crippen molar-refractivity contribution in [3.05, 3.63) is 34.9 Å². The molecule has 3 aliphatic rings. The number of hydrogen-bond acceptors (Lipinski definition) is 4. The van der Waals surface area contributed by atoms with E-state index in [1.165, 1.54) is 6.08 Å². The largest absolute Gasteiger partial charge is 0.446 e. The number of aliphatic hydroxyl groups excluding tert-OH is 1. The van der Waals surface area contributed by atoms with E-state index in [2.05, 4.69) is 6.58 Å². The number of ketones is 1. The van der Waals surface area contributed by atoms with E-state index >= 15 is 0 Å².